The van der Waals surface area contributed by atoms with Gasteiger partial charge in [0.1, 0.15) is 12.4 Å². The molecule has 0 bridgehead atoms. The Hall–Kier alpha value is -0.580. The van der Waals surface area contributed by atoms with Gasteiger partial charge < -0.3 is 15.4 Å². The fourth-order valence-electron chi connectivity index (χ4n) is 2.05. The Morgan fingerprint density at radius 3 is 3.12 bits per heavy atom. The minimum absolute atomic E-state index is 0.237. The van der Waals surface area contributed by atoms with Crippen LogP contribution in [0.1, 0.15) is 13.3 Å². The third kappa shape index (κ3) is 3.98. The first-order valence-corrected chi connectivity index (χ1v) is 6.81. The number of hydrogen-bond acceptors (Lipinski definition) is 3. The van der Waals surface area contributed by atoms with Gasteiger partial charge in [0.2, 0.25) is 0 Å². The Balaban J connectivity index is 1.69. The third-order valence-corrected chi connectivity index (χ3v) is 3.58. The summed E-state index contributed by atoms with van der Waals surface area (Å²) < 4.78 is 6.73. The SMILES string of the molecule is CC1(NCCOc2cccc(Br)c2)CCNC1. The minimum Gasteiger partial charge on any atom is -0.492 e. The van der Waals surface area contributed by atoms with E-state index in [-0.39, 0.29) is 5.54 Å². The highest BCUT2D eigenvalue weighted by atomic mass is 79.9. The molecule has 0 aliphatic carbocycles. The van der Waals surface area contributed by atoms with Crippen LogP contribution < -0.4 is 15.4 Å². The molecule has 2 N–H and O–H groups in total. The zero-order valence-electron chi connectivity index (χ0n) is 10.1. The molecule has 17 heavy (non-hydrogen) atoms. The average Bonchev–Trinajstić information content (AvgIpc) is 2.72. The molecule has 0 radical (unpaired) electrons. The van der Waals surface area contributed by atoms with Gasteiger partial charge in [0.05, 0.1) is 0 Å². The molecule has 1 atom stereocenters. The molecule has 1 unspecified atom stereocenters. The van der Waals surface area contributed by atoms with Crippen molar-refractivity contribution in [3.05, 3.63) is 28.7 Å². The van der Waals surface area contributed by atoms with Gasteiger partial charge >= 0.3 is 0 Å². The van der Waals surface area contributed by atoms with E-state index in [4.69, 9.17) is 4.74 Å². The normalized spacial score (nSPS) is 23.9. The van der Waals surface area contributed by atoms with Crippen LogP contribution >= 0.6 is 15.9 Å². The Morgan fingerprint density at radius 1 is 1.53 bits per heavy atom. The van der Waals surface area contributed by atoms with Crippen molar-refractivity contribution in [2.45, 2.75) is 18.9 Å². The molecule has 1 heterocycles. The highest BCUT2D eigenvalue weighted by Crippen LogP contribution is 2.17. The summed E-state index contributed by atoms with van der Waals surface area (Å²) in [7, 11) is 0. The minimum atomic E-state index is 0.237. The van der Waals surface area contributed by atoms with Crippen LogP contribution in [0.4, 0.5) is 0 Å². The van der Waals surface area contributed by atoms with E-state index in [9.17, 15) is 0 Å². The number of halogens is 1. The number of nitrogens with one attached hydrogen (secondary N) is 2. The maximum absolute atomic E-state index is 5.68. The van der Waals surface area contributed by atoms with Gasteiger partial charge in [-0.05, 0) is 38.1 Å². The lowest BCUT2D eigenvalue weighted by atomic mass is 10.0. The maximum Gasteiger partial charge on any atom is 0.120 e. The molecular weight excluding hydrogens is 280 g/mol. The van der Waals surface area contributed by atoms with Gasteiger partial charge in [-0.15, -0.1) is 0 Å². The lowest BCUT2D eigenvalue weighted by molar-refractivity contribution is 0.283. The quantitative estimate of drug-likeness (QED) is 0.818. The van der Waals surface area contributed by atoms with Crippen LogP contribution in [0.2, 0.25) is 0 Å². The predicted molar refractivity (Wildman–Crippen MR) is 73.5 cm³/mol. The standard InChI is InChI=1S/C13H19BrN2O/c1-13(5-6-15-10-13)16-7-8-17-12-4-2-3-11(14)9-12/h2-4,9,15-16H,5-8,10H2,1H3. The second kappa shape index (κ2) is 5.85. The summed E-state index contributed by atoms with van der Waals surface area (Å²) in [5.74, 6) is 0.913. The zero-order valence-corrected chi connectivity index (χ0v) is 11.7. The molecular formula is C13H19BrN2O. The average molecular weight is 299 g/mol. The van der Waals surface area contributed by atoms with E-state index in [2.05, 4.69) is 33.5 Å². The van der Waals surface area contributed by atoms with Gasteiger partial charge in [-0.2, -0.15) is 0 Å². The maximum atomic E-state index is 5.68. The highest BCUT2D eigenvalue weighted by Gasteiger charge is 2.27. The van der Waals surface area contributed by atoms with E-state index < -0.39 is 0 Å². The van der Waals surface area contributed by atoms with Crippen LogP contribution in [0.15, 0.2) is 28.7 Å². The molecule has 94 valence electrons. The fraction of sp³-hybridized carbons (Fsp3) is 0.538. The number of ether oxygens (including phenoxy) is 1. The van der Waals surface area contributed by atoms with Crippen molar-refractivity contribution in [2.24, 2.45) is 0 Å². The second-order valence-electron chi connectivity index (χ2n) is 4.72. The van der Waals surface area contributed by atoms with Crippen molar-refractivity contribution in [2.75, 3.05) is 26.2 Å². The molecule has 4 heteroatoms. The van der Waals surface area contributed by atoms with Crippen LogP contribution in [0.25, 0.3) is 0 Å². The van der Waals surface area contributed by atoms with Gasteiger partial charge in [-0.25, -0.2) is 0 Å². The Labute approximate surface area is 111 Å². The summed E-state index contributed by atoms with van der Waals surface area (Å²) in [6.07, 6.45) is 1.18. The first-order valence-electron chi connectivity index (χ1n) is 6.02. The van der Waals surface area contributed by atoms with Gasteiger partial charge in [0.15, 0.2) is 0 Å². The molecule has 2 rings (SSSR count). The van der Waals surface area contributed by atoms with Gasteiger partial charge in [0, 0.05) is 23.1 Å². The van der Waals surface area contributed by atoms with Crippen LogP contribution in [0, 0.1) is 0 Å². The lowest BCUT2D eigenvalue weighted by Gasteiger charge is -2.24. The number of rotatable bonds is 5. The monoisotopic (exact) mass is 298 g/mol. The van der Waals surface area contributed by atoms with Crippen molar-refractivity contribution < 1.29 is 4.74 Å². The van der Waals surface area contributed by atoms with Crippen molar-refractivity contribution in [3.8, 4) is 5.75 Å². The van der Waals surface area contributed by atoms with Crippen LogP contribution in [-0.2, 0) is 0 Å². The second-order valence-corrected chi connectivity index (χ2v) is 5.64. The van der Waals surface area contributed by atoms with E-state index in [1.165, 1.54) is 6.42 Å². The van der Waals surface area contributed by atoms with Crippen LogP contribution in [0.3, 0.4) is 0 Å². The summed E-state index contributed by atoms with van der Waals surface area (Å²) in [5.41, 5.74) is 0.237. The molecule has 1 fully saturated rings. The molecule has 3 nitrogen and oxygen atoms in total. The fourth-order valence-corrected chi connectivity index (χ4v) is 2.42. The summed E-state index contributed by atoms with van der Waals surface area (Å²) in [5, 5.41) is 6.91. The molecule has 1 aliphatic heterocycles. The Kier molecular flexibility index (Phi) is 4.42. The van der Waals surface area contributed by atoms with Crippen molar-refractivity contribution in [1.82, 2.24) is 10.6 Å². The summed E-state index contributed by atoms with van der Waals surface area (Å²) >= 11 is 3.43. The lowest BCUT2D eigenvalue weighted by Crippen LogP contribution is -2.45. The molecule has 0 saturated carbocycles. The topological polar surface area (TPSA) is 33.3 Å². The molecule has 1 saturated heterocycles. The van der Waals surface area contributed by atoms with E-state index in [0.29, 0.717) is 6.61 Å². The van der Waals surface area contributed by atoms with Gasteiger partial charge in [-0.1, -0.05) is 22.0 Å². The first kappa shape index (κ1) is 12.9. The summed E-state index contributed by atoms with van der Waals surface area (Å²) in [4.78, 5) is 0. The molecule has 1 aromatic carbocycles. The van der Waals surface area contributed by atoms with Crippen LogP contribution in [0.5, 0.6) is 5.75 Å². The molecule has 0 aromatic heterocycles. The largest absolute Gasteiger partial charge is 0.492 e. The Morgan fingerprint density at radius 2 is 2.41 bits per heavy atom. The van der Waals surface area contributed by atoms with E-state index in [1.807, 2.05) is 24.3 Å². The molecule has 1 aromatic rings. The molecule has 0 spiro atoms. The van der Waals surface area contributed by atoms with Crippen molar-refractivity contribution in [1.29, 1.82) is 0 Å². The van der Waals surface area contributed by atoms with Crippen molar-refractivity contribution >= 4 is 15.9 Å². The van der Waals surface area contributed by atoms with E-state index in [1.54, 1.807) is 0 Å². The van der Waals surface area contributed by atoms with Crippen LogP contribution in [-0.4, -0.2) is 31.8 Å². The highest BCUT2D eigenvalue weighted by molar-refractivity contribution is 9.10. The molecule has 1 aliphatic rings. The zero-order chi connectivity index (χ0) is 12.1. The van der Waals surface area contributed by atoms with Crippen molar-refractivity contribution in [3.63, 3.8) is 0 Å². The third-order valence-electron chi connectivity index (χ3n) is 3.09. The predicted octanol–water partition coefficient (Wildman–Crippen LogP) is 2.17. The smallest absolute Gasteiger partial charge is 0.120 e. The van der Waals surface area contributed by atoms with Gasteiger partial charge in [0.25, 0.3) is 0 Å². The van der Waals surface area contributed by atoms with Gasteiger partial charge in [-0.3, -0.25) is 0 Å². The Bertz CT molecular complexity index is 364. The number of hydrogen-bond donors (Lipinski definition) is 2. The van der Waals surface area contributed by atoms with E-state index >= 15 is 0 Å². The molecule has 0 amide bonds. The summed E-state index contributed by atoms with van der Waals surface area (Å²) in [6.45, 7) is 5.99. The first-order chi connectivity index (χ1) is 8.18. The number of benzene rings is 1. The summed E-state index contributed by atoms with van der Waals surface area (Å²) in [6, 6.07) is 7.94. The van der Waals surface area contributed by atoms with E-state index in [0.717, 1.165) is 29.9 Å².